The minimum Gasteiger partial charge on any atom is -0.347 e. The second kappa shape index (κ2) is 7.69. The van der Waals surface area contributed by atoms with Crippen LogP contribution < -0.4 is 9.80 Å². The molecule has 9 nitrogen and oxygen atoms in total. The maximum Gasteiger partial charge on any atom is 0.242 e. The highest BCUT2D eigenvalue weighted by atomic mass is 32.1. The Morgan fingerprint density at radius 1 is 1.19 bits per heavy atom. The number of hydrogen-bond donors (Lipinski definition) is 0. The quantitative estimate of drug-likeness (QED) is 0.747. The van der Waals surface area contributed by atoms with Crippen molar-refractivity contribution >= 4 is 33.4 Å². The van der Waals surface area contributed by atoms with Crippen molar-refractivity contribution in [3.63, 3.8) is 0 Å². The summed E-state index contributed by atoms with van der Waals surface area (Å²) in [6.07, 6.45) is 3.90. The molecule has 0 atom stereocenters. The normalized spacial score (nSPS) is 22.5. The fourth-order valence-electron chi connectivity index (χ4n) is 3.73. The van der Waals surface area contributed by atoms with Gasteiger partial charge in [-0.1, -0.05) is 11.3 Å². The smallest absolute Gasteiger partial charge is 0.242 e. The van der Waals surface area contributed by atoms with Crippen LogP contribution in [0.25, 0.3) is 0 Å². The molecule has 0 unspecified atom stereocenters. The average Bonchev–Trinajstić information content (AvgIpc) is 3.33. The van der Waals surface area contributed by atoms with E-state index in [4.69, 9.17) is 9.47 Å². The van der Waals surface area contributed by atoms with Crippen LogP contribution in [0, 0.1) is 0 Å². The molecular formula is C17H25N5O4S. The number of anilines is 2. The van der Waals surface area contributed by atoms with Gasteiger partial charge in [0, 0.05) is 45.9 Å². The Morgan fingerprint density at radius 2 is 1.93 bits per heavy atom. The summed E-state index contributed by atoms with van der Waals surface area (Å²) < 4.78 is 11.4. The average molecular weight is 395 g/mol. The first-order chi connectivity index (χ1) is 13.1. The number of piperidine rings is 2. The molecule has 3 fully saturated rings. The van der Waals surface area contributed by atoms with Crippen LogP contribution >= 0.6 is 11.3 Å². The first kappa shape index (κ1) is 18.6. The van der Waals surface area contributed by atoms with Gasteiger partial charge in [0.25, 0.3) is 0 Å². The number of rotatable bonds is 4. The Labute approximate surface area is 162 Å². The summed E-state index contributed by atoms with van der Waals surface area (Å²) in [5.41, 5.74) is 0. The summed E-state index contributed by atoms with van der Waals surface area (Å²) in [6.45, 7) is 3.46. The molecule has 0 N–H and O–H groups in total. The van der Waals surface area contributed by atoms with Gasteiger partial charge in [-0.25, -0.2) is 0 Å². The summed E-state index contributed by atoms with van der Waals surface area (Å²) >= 11 is 1.35. The SMILES string of the molecule is CN(CC(=O)N1CCC2(CC1)OCCO2)c1nnc(N2CCCCC2=O)s1. The minimum atomic E-state index is -0.474. The fourth-order valence-corrected chi connectivity index (χ4v) is 4.58. The van der Waals surface area contributed by atoms with E-state index in [0.29, 0.717) is 62.4 Å². The van der Waals surface area contributed by atoms with Crippen molar-refractivity contribution in [1.29, 1.82) is 0 Å². The molecule has 0 bridgehead atoms. The zero-order valence-electron chi connectivity index (χ0n) is 15.6. The fraction of sp³-hybridized carbons (Fsp3) is 0.765. The zero-order valence-corrected chi connectivity index (χ0v) is 16.4. The van der Waals surface area contributed by atoms with Crippen molar-refractivity contribution in [3.8, 4) is 0 Å². The third kappa shape index (κ3) is 3.92. The molecule has 3 aliphatic heterocycles. The molecule has 3 aliphatic rings. The molecule has 0 aromatic carbocycles. The number of carbonyl (C=O) groups excluding carboxylic acids is 2. The van der Waals surface area contributed by atoms with Gasteiger partial charge < -0.3 is 19.3 Å². The van der Waals surface area contributed by atoms with E-state index in [1.54, 1.807) is 9.80 Å². The van der Waals surface area contributed by atoms with Gasteiger partial charge in [0.2, 0.25) is 22.1 Å². The van der Waals surface area contributed by atoms with E-state index in [2.05, 4.69) is 10.2 Å². The summed E-state index contributed by atoms with van der Waals surface area (Å²) in [5, 5.41) is 9.59. The van der Waals surface area contributed by atoms with E-state index in [1.165, 1.54) is 11.3 Å². The Kier molecular flexibility index (Phi) is 5.29. The number of likely N-dealkylation sites (N-methyl/N-ethyl adjacent to an activating group) is 1. The predicted molar refractivity (Wildman–Crippen MR) is 99.8 cm³/mol. The summed E-state index contributed by atoms with van der Waals surface area (Å²) in [6, 6.07) is 0. The van der Waals surface area contributed by atoms with Gasteiger partial charge in [-0.05, 0) is 12.8 Å². The molecule has 0 aliphatic carbocycles. The molecular weight excluding hydrogens is 370 g/mol. The molecule has 3 saturated heterocycles. The number of nitrogens with zero attached hydrogens (tertiary/aromatic N) is 5. The van der Waals surface area contributed by atoms with Crippen LogP contribution in [0.15, 0.2) is 0 Å². The first-order valence-corrected chi connectivity index (χ1v) is 10.3. The molecule has 148 valence electrons. The lowest BCUT2D eigenvalue weighted by molar-refractivity contribution is -0.187. The number of ether oxygens (including phenoxy) is 2. The van der Waals surface area contributed by atoms with Crippen LogP contribution in [0.3, 0.4) is 0 Å². The van der Waals surface area contributed by atoms with Crippen molar-refractivity contribution in [1.82, 2.24) is 15.1 Å². The minimum absolute atomic E-state index is 0.0520. The molecule has 1 aromatic rings. The Balaban J connectivity index is 1.32. The van der Waals surface area contributed by atoms with Crippen molar-refractivity contribution in [3.05, 3.63) is 0 Å². The molecule has 0 saturated carbocycles. The van der Waals surface area contributed by atoms with Gasteiger partial charge in [0.1, 0.15) is 0 Å². The standard InChI is InChI=1S/C17H25N5O4S/c1-20(15-18-19-16(27-15)22-7-3-2-4-13(22)23)12-14(24)21-8-5-17(6-9-21)25-10-11-26-17/h2-12H2,1H3. The monoisotopic (exact) mass is 395 g/mol. The highest BCUT2D eigenvalue weighted by molar-refractivity contribution is 7.19. The number of carbonyl (C=O) groups is 2. The van der Waals surface area contributed by atoms with Crippen molar-refractivity contribution in [2.24, 2.45) is 0 Å². The highest BCUT2D eigenvalue weighted by Gasteiger charge is 2.40. The maximum absolute atomic E-state index is 12.6. The van der Waals surface area contributed by atoms with E-state index >= 15 is 0 Å². The molecule has 4 rings (SSSR count). The molecule has 0 radical (unpaired) electrons. The lowest BCUT2D eigenvalue weighted by Gasteiger charge is -2.38. The van der Waals surface area contributed by atoms with Crippen LogP contribution in [-0.2, 0) is 19.1 Å². The Hall–Kier alpha value is -1.78. The number of aromatic nitrogens is 2. The van der Waals surface area contributed by atoms with Gasteiger partial charge >= 0.3 is 0 Å². The molecule has 4 heterocycles. The van der Waals surface area contributed by atoms with Gasteiger partial charge in [0.15, 0.2) is 5.79 Å². The van der Waals surface area contributed by atoms with E-state index in [1.807, 2.05) is 11.9 Å². The lowest BCUT2D eigenvalue weighted by atomic mass is 10.0. The van der Waals surface area contributed by atoms with Crippen LogP contribution in [0.2, 0.25) is 0 Å². The third-order valence-electron chi connectivity index (χ3n) is 5.35. The van der Waals surface area contributed by atoms with Crippen LogP contribution in [0.1, 0.15) is 32.1 Å². The number of likely N-dealkylation sites (tertiary alicyclic amines) is 1. The highest BCUT2D eigenvalue weighted by Crippen LogP contribution is 2.32. The van der Waals surface area contributed by atoms with E-state index in [9.17, 15) is 9.59 Å². The topological polar surface area (TPSA) is 88.1 Å². The van der Waals surface area contributed by atoms with Crippen LogP contribution in [0.5, 0.6) is 0 Å². The molecule has 1 spiro atoms. The molecule has 1 aromatic heterocycles. The Bertz CT molecular complexity index is 695. The second-order valence-electron chi connectivity index (χ2n) is 7.21. The van der Waals surface area contributed by atoms with Crippen molar-refractivity contribution in [2.45, 2.75) is 37.9 Å². The van der Waals surface area contributed by atoms with E-state index in [0.717, 1.165) is 12.8 Å². The maximum atomic E-state index is 12.6. The predicted octanol–water partition coefficient (Wildman–Crippen LogP) is 0.857. The summed E-state index contributed by atoms with van der Waals surface area (Å²) in [4.78, 5) is 30.0. The zero-order chi connectivity index (χ0) is 18.9. The lowest BCUT2D eigenvalue weighted by Crippen LogP contribution is -2.49. The van der Waals surface area contributed by atoms with Crippen molar-refractivity contribution in [2.75, 3.05) is 56.2 Å². The number of hydrogen-bond acceptors (Lipinski definition) is 8. The van der Waals surface area contributed by atoms with Gasteiger partial charge in [-0.2, -0.15) is 0 Å². The van der Waals surface area contributed by atoms with E-state index < -0.39 is 5.79 Å². The van der Waals surface area contributed by atoms with Crippen LogP contribution in [0.4, 0.5) is 10.3 Å². The molecule has 10 heteroatoms. The molecule has 27 heavy (non-hydrogen) atoms. The second-order valence-corrected chi connectivity index (χ2v) is 8.15. The number of amides is 2. The largest absolute Gasteiger partial charge is 0.347 e. The summed E-state index contributed by atoms with van der Waals surface area (Å²) in [7, 11) is 1.83. The van der Waals surface area contributed by atoms with Gasteiger partial charge in [0.05, 0.1) is 19.8 Å². The molecule has 2 amide bonds. The first-order valence-electron chi connectivity index (χ1n) is 9.47. The Morgan fingerprint density at radius 3 is 2.63 bits per heavy atom. The third-order valence-corrected chi connectivity index (χ3v) is 6.41. The van der Waals surface area contributed by atoms with Gasteiger partial charge in [-0.3, -0.25) is 14.5 Å². The van der Waals surface area contributed by atoms with E-state index in [-0.39, 0.29) is 18.4 Å². The van der Waals surface area contributed by atoms with Crippen LogP contribution in [-0.4, -0.2) is 79.1 Å². The van der Waals surface area contributed by atoms with Gasteiger partial charge in [-0.15, -0.1) is 10.2 Å². The summed E-state index contributed by atoms with van der Waals surface area (Å²) in [5.74, 6) is -0.324. The van der Waals surface area contributed by atoms with Crippen molar-refractivity contribution < 1.29 is 19.1 Å².